The summed E-state index contributed by atoms with van der Waals surface area (Å²) in [4.78, 5) is 57.8. The van der Waals surface area contributed by atoms with Crippen LogP contribution in [0.15, 0.2) is 29.2 Å². The Balaban J connectivity index is 1.24. The number of nitrogens with zero attached hydrogens (tertiary/aromatic N) is 4. The minimum atomic E-state index is -0.467. The lowest BCUT2D eigenvalue weighted by atomic mass is 10.2. The van der Waals surface area contributed by atoms with Crippen molar-refractivity contribution in [1.82, 2.24) is 14.7 Å². The van der Waals surface area contributed by atoms with Crippen molar-refractivity contribution in [1.29, 1.82) is 0 Å². The van der Waals surface area contributed by atoms with E-state index in [1.807, 2.05) is 24.3 Å². The highest BCUT2D eigenvalue weighted by Gasteiger charge is 2.32. The molecule has 3 aliphatic rings. The molecule has 0 aromatic heterocycles. The smallest absolute Gasteiger partial charge is 0.312 e. The summed E-state index contributed by atoms with van der Waals surface area (Å²) in [6.45, 7) is 3.46. The molecule has 0 spiro atoms. The Labute approximate surface area is 186 Å². The van der Waals surface area contributed by atoms with E-state index < -0.39 is 11.8 Å². The van der Waals surface area contributed by atoms with Crippen LogP contribution in [0.2, 0.25) is 0 Å². The van der Waals surface area contributed by atoms with Crippen molar-refractivity contribution in [2.24, 2.45) is 0 Å². The molecule has 1 aromatic rings. The summed E-state index contributed by atoms with van der Waals surface area (Å²) in [5.41, 5.74) is 0.922. The van der Waals surface area contributed by atoms with Gasteiger partial charge in [0.1, 0.15) is 0 Å². The van der Waals surface area contributed by atoms with Crippen LogP contribution in [0.3, 0.4) is 0 Å². The van der Waals surface area contributed by atoms with Crippen LogP contribution in [0.25, 0.3) is 0 Å². The Kier molecular flexibility index (Phi) is 6.80. The fourth-order valence-corrected chi connectivity index (χ4v) is 5.28. The second-order valence-corrected chi connectivity index (χ2v) is 9.17. The standard InChI is InChI=1S/C22H28N4O4S/c27-19(7-8-20(28)26-15-16-31-18-6-2-1-5-17(18)26)23-11-13-25(14-12-23)22(30)21(29)24-9-3-4-10-24/h1-2,5-6H,3-4,7-16H2. The molecule has 0 unspecified atom stereocenters. The number of hydrogen-bond acceptors (Lipinski definition) is 5. The van der Waals surface area contributed by atoms with Gasteiger partial charge in [-0.15, -0.1) is 11.8 Å². The topological polar surface area (TPSA) is 81.2 Å². The van der Waals surface area contributed by atoms with Gasteiger partial charge in [0.25, 0.3) is 0 Å². The van der Waals surface area contributed by atoms with Gasteiger partial charge in [-0.2, -0.15) is 0 Å². The Morgan fingerprint density at radius 2 is 1.29 bits per heavy atom. The lowest BCUT2D eigenvalue weighted by Crippen LogP contribution is -2.54. The quantitative estimate of drug-likeness (QED) is 0.655. The summed E-state index contributed by atoms with van der Waals surface area (Å²) in [5, 5.41) is 0. The second kappa shape index (κ2) is 9.72. The van der Waals surface area contributed by atoms with Gasteiger partial charge in [0.15, 0.2) is 0 Å². The zero-order valence-corrected chi connectivity index (χ0v) is 18.4. The number of anilines is 1. The van der Waals surface area contributed by atoms with Gasteiger partial charge < -0.3 is 19.6 Å². The number of thioether (sulfide) groups is 1. The van der Waals surface area contributed by atoms with Crippen LogP contribution in [0.5, 0.6) is 0 Å². The molecule has 2 fully saturated rings. The highest BCUT2D eigenvalue weighted by molar-refractivity contribution is 7.99. The Morgan fingerprint density at radius 1 is 0.710 bits per heavy atom. The van der Waals surface area contributed by atoms with Crippen molar-refractivity contribution >= 4 is 41.1 Å². The number of likely N-dealkylation sites (tertiary alicyclic amines) is 1. The molecule has 4 amide bonds. The number of benzene rings is 1. The Morgan fingerprint density at radius 3 is 2.00 bits per heavy atom. The van der Waals surface area contributed by atoms with E-state index in [4.69, 9.17) is 0 Å². The molecule has 0 N–H and O–H groups in total. The molecule has 0 saturated carbocycles. The molecule has 0 radical (unpaired) electrons. The summed E-state index contributed by atoms with van der Waals surface area (Å²) in [6.07, 6.45) is 2.22. The van der Waals surface area contributed by atoms with Gasteiger partial charge in [0.2, 0.25) is 11.8 Å². The van der Waals surface area contributed by atoms with Crippen molar-refractivity contribution in [3.05, 3.63) is 24.3 Å². The maximum absolute atomic E-state index is 12.7. The van der Waals surface area contributed by atoms with E-state index in [9.17, 15) is 19.2 Å². The average molecular weight is 445 g/mol. The van der Waals surface area contributed by atoms with E-state index in [0.717, 1.165) is 29.2 Å². The monoisotopic (exact) mass is 444 g/mol. The maximum atomic E-state index is 12.7. The van der Waals surface area contributed by atoms with Crippen LogP contribution in [0.1, 0.15) is 25.7 Å². The Bertz CT molecular complexity index is 863. The molecule has 3 heterocycles. The van der Waals surface area contributed by atoms with Crippen molar-refractivity contribution < 1.29 is 19.2 Å². The largest absolute Gasteiger partial charge is 0.339 e. The highest BCUT2D eigenvalue weighted by Crippen LogP contribution is 2.34. The molecule has 0 atom stereocenters. The highest BCUT2D eigenvalue weighted by atomic mass is 32.2. The summed E-state index contributed by atoms with van der Waals surface area (Å²) in [6, 6.07) is 7.85. The lowest BCUT2D eigenvalue weighted by molar-refractivity contribution is -0.153. The van der Waals surface area contributed by atoms with Crippen molar-refractivity contribution in [3.8, 4) is 0 Å². The first-order chi connectivity index (χ1) is 15.0. The van der Waals surface area contributed by atoms with E-state index >= 15 is 0 Å². The number of fused-ring (bicyclic) bond motifs is 1. The van der Waals surface area contributed by atoms with Gasteiger partial charge in [0.05, 0.1) is 5.69 Å². The van der Waals surface area contributed by atoms with Gasteiger partial charge in [-0.25, -0.2) is 0 Å². The Hall–Kier alpha value is -2.55. The predicted octanol–water partition coefficient (Wildman–Crippen LogP) is 1.20. The van der Waals surface area contributed by atoms with E-state index in [1.165, 1.54) is 4.90 Å². The number of rotatable bonds is 3. The number of carbonyl (C=O) groups is 4. The van der Waals surface area contributed by atoms with Crippen LogP contribution < -0.4 is 4.90 Å². The first kappa shape index (κ1) is 21.7. The fourth-order valence-electron chi connectivity index (χ4n) is 4.29. The van der Waals surface area contributed by atoms with Crippen LogP contribution in [-0.2, 0) is 19.2 Å². The molecule has 3 aliphatic heterocycles. The van der Waals surface area contributed by atoms with Crippen LogP contribution in [0, 0.1) is 0 Å². The predicted molar refractivity (Wildman–Crippen MR) is 118 cm³/mol. The maximum Gasteiger partial charge on any atom is 0.312 e. The zero-order chi connectivity index (χ0) is 21.8. The number of para-hydroxylation sites is 1. The zero-order valence-electron chi connectivity index (χ0n) is 17.6. The molecule has 2 saturated heterocycles. The molecule has 0 bridgehead atoms. The number of carbonyl (C=O) groups excluding carboxylic acids is 4. The molecular formula is C22H28N4O4S. The van der Waals surface area contributed by atoms with Crippen LogP contribution >= 0.6 is 11.8 Å². The van der Waals surface area contributed by atoms with E-state index in [-0.39, 0.29) is 24.7 Å². The van der Waals surface area contributed by atoms with Crippen LogP contribution in [-0.4, -0.2) is 89.9 Å². The summed E-state index contributed by atoms with van der Waals surface area (Å²) in [7, 11) is 0. The van der Waals surface area contributed by atoms with E-state index in [2.05, 4.69) is 0 Å². The average Bonchev–Trinajstić information content (AvgIpc) is 3.36. The molecule has 31 heavy (non-hydrogen) atoms. The molecule has 9 heteroatoms. The summed E-state index contributed by atoms with van der Waals surface area (Å²) in [5.74, 6) is -0.159. The fraction of sp³-hybridized carbons (Fsp3) is 0.545. The SMILES string of the molecule is O=C(CCC(=O)N1CCSc2ccccc21)N1CCN(C(=O)C(=O)N2CCCC2)CC1. The molecular weight excluding hydrogens is 416 g/mol. The third-order valence-electron chi connectivity index (χ3n) is 6.08. The third-order valence-corrected chi connectivity index (χ3v) is 7.12. The molecule has 0 aliphatic carbocycles. The van der Waals surface area contributed by atoms with Crippen molar-refractivity contribution in [2.45, 2.75) is 30.6 Å². The normalized spacial score (nSPS) is 18.7. The lowest BCUT2D eigenvalue weighted by Gasteiger charge is -2.35. The van der Waals surface area contributed by atoms with E-state index in [0.29, 0.717) is 45.8 Å². The summed E-state index contributed by atoms with van der Waals surface area (Å²) >= 11 is 1.74. The summed E-state index contributed by atoms with van der Waals surface area (Å²) < 4.78 is 0. The minimum absolute atomic E-state index is 0.0360. The molecule has 8 nitrogen and oxygen atoms in total. The van der Waals surface area contributed by atoms with E-state index in [1.54, 1.807) is 26.5 Å². The van der Waals surface area contributed by atoms with Gasteiger partial charge in [0, 0.05) is 69.3 Å². The van der Waals surface area contributed by atoms with Gasteiger partial charge >= 0.3 is 11.8 Å². The molecule has 1 aromatic carbocycles. The van der Waals surface area contributed by atoms with Gasteiger partial charge in [-0.05, 0) is 25.0 Å². The number of hydrogen-bond donors (Lipinski definition) is 0. The van der Waals surface area contributed by atoms with Crippen molar-refractivity contribution in [3.63, 3.8) is 0 Å². The van der Waals surface area contributed by atoms with Crippen molar-refractivity contribution in [2.75, 3.05) is 56.5 Å². The first-order valence-electron chi connectivity index (χ1n) is 10.9. The molecule has 4 rings (SSSR count). The molecule has 166 valence electrons. The third kappa shape index (κ3) is 4.87. The van der Waals surface area contributed by atoms with Gasteiger partial charge in [-0.3, -0.25) is 19.2 Å². The number of amides is 4. The number of piperazine rings is 1. The minimum Gasteiger partial charge on any atom is -0.339 e. The second-order valence-electron chi connectivity index (χ2n) is 8.03. The van der Waals surface area contributed by atoms with Crippen LogP contribution in [0.4, 0.5) is 5.69 Å². The first-order valence-corrected chi connectivity index (χ1v) is 11.9. The van der Waals surface area contributed by atoms with Gasteiger partial charge in [-0.1, -0.05) is 12.1 Å².